The number of nitrogens with zero attached hydrogens (tertiary/aromatic N) is 1. The lowest BCUT2D eigenvalue weighted by atomic mass is 9.97. The molecule has 33 heavy (non-hydrogen) atoms. The fourth-order valence-corrected chi connectivity index (χ4v) is 3.99. The van der Waals surface area contributed by atoms with Gasteiger partial charge in [-0.05, 0) is 81.1 Å². The highest BCUT2D eigenvalue weighted by molar-refractivity contribution is 5.94. The molecule has 0 radical (unpaired) electrons. The minimum absolute atomic E-state index is 0.00740. The summed E-state index contributed by atoms with van der Waals surface area (Å²) in [5, 5.41) is 20.7. The van der Waals surface area contributed by atoms with Crippen LogP contribution in [0, 0.1) is 5.92 Å². The molecule has 1 amide bonds. The predicted octanol–water partition coefficient (Wildman–Crippen LogP) is 3.28. The van der Waals surface area contributed by atoms with Gasteiger partial charge in [-0.1, -0.05) is 24.3 Å². The molecule has 1 heterocycles. The average Bonchev–Trinajstić information content (AvgIpc) is 2.81. The highest BCUT2D eigenvalue weighted by Gasteiger charge is 2.25. The van der Waals surface area contributed by atoms with E-state index in [1.165, 1.54) is 0 Å². The van der Waals surface area contributed by atoms with E-state index < -0.39 is 18.4 Å². The van der Waals surface area contributed by atoms with E-state index in [0.29, 0.717) is 24.6 Å². The lowest BCUT2D eigenvalue weighted by Gasteiger charge is -2.34. The highest BCUT2D eigenvalue weighted by atomic mass is 19.1. The Morgan fingerprint density at radius 3 is 2.24 bits per heavy atom. The molecule has 0 spiro atoms. The summed E-state index contributed by atoms with van der Waals surface area (Å²) in [6, 6.07) is 15.1. The van der Waals surface area contributed by atoms with Crippen LogP contribution < -0.4 is 10.1 Å². The van der Waals surface area contributed by atoms with Crippen LogP contribution in [0.2, 0.25) is 0 Å². The minimum Gasteiger partial charge on any atom is -0.493 e. The number of aliphatic hydroxyl groups is 2. The predicted molar refractivity (Wildman–Crippen MR) is 127 cm³/mol. The molecule has 0 aromatic heterocycles. The Morgan fingerprint density at radius 1 is 1.12 bits per heavy atom. The minimum atomic E-state index is -1.15. The second kappa shape index (κ2) is 11.6. The van der Waals surface area contributed by atoms with Crippen LogP contribution in [-0.2, 0) is 0 Å². The SMILES string of the molecule is CC(C)(F)CN1CCC(COc2ccc(-c3ccc(C(=O)NCC(O)CO)cc3)cc2)CC1. The number of ether oxygens (including phenoxy) is 1. The molecule has 0 aliphatic carbocycles. The number of hydrogen-bond acceptors (Lipinski definition) is 5. The van der Waals surface area contributed by atoms with E-state index in [-0.39, 0.29) is 12.5 Å². The summed E-state index contributed by atoms with van der Waals surface area (Å²) in [5.41, 5.74) is 1.34. The summed E-state index contributed by atoms with van der Waals surface area (Å²) in [5.74, 6) is 1.02. The molecule has 1 saturated heterocycles. The molecule has 2 aromatic rings. The van der Waals surface area contributed by atoms with Crippen molar-refractivity contribution in [2.24, 2.45) is 5.92 Å². The van der Waals surface area contributed by atoms with Crippen molar-refractivity contribution in [3.8, 4) is 16.9 Å². The largest absolute Gasteiger partial charge is 0.493 e. The number of alkyl halides is 1. The van der Waals surface area contributed by atoms with Crippen molar-refractivity contribution in [1.29, 1.82) is 0 Å². The molecule has 1 atom stereocenters. The second-order valence-electron chi connectivity index (χ2n) is 9.40. The number of halogens is 1. The smallest absolute Gasteiger partial charge is 0.251 e. The van der Waals surface area contributed by atoms with Crippen LogP contribution in [0.1, 0.15) is 37.0 Å². The van der Waals surface area contributed by atoms with Crippen LogP contribution in [-0.4, -0.2) is 72.2 Å². The molecule has 1 aliphatic rings. The maximum absolute atomic E-state index is 13.8. The van der Waals surface area contributed by atoms with Crippen molar-refractivity contribution >= 4 is 5.91 Å². The first-order valence-corrected chi connectivity index (χ1v) is 11.6. The molecular weight excluding hydrogens is 423 g/mol. The van der Waals surface area contributed by atoms with Crippen LogP contribution in [0.15, 0.2) is 48.5 Å². The van der Waals surface area contributed by atoms with Gasteiger partial charge in [-0.3, -0.25) is 4.79 Å². The molecule has 3 N–H and O–H groups in total. The van der Waals surface area contributed by atoms with E-state index in [0.717, 1.165) is 42.8 Å². The first kappa shape index (κ1) is 25.1. The fraction of sp³-hybridized carbons (Fsp3) is 0.500. The van der Waals surface area contributed by atoms with E-state index in [4.69, 9.17) is 9.84 Å². The van der Waals surface area contributed by atoms with Gasteiger partial charge in [-0.25, -0.2) is 4.39 Å². The Hall–Kier alpha value is -2.48. The first-order valence-electron chi connectivity index (χ1n) is 11.6. The normalized spacial score (nSPS) is 16.4. The van der Waals surface area contributed by atoms with E-state index in [1.54, 1.807) is 26.0 Å². The van der Waals surface area contributed by atoms with Gasteiger partial charge in [0, 0.05) is 18.7 Å². The van der Waals surface area contributed by atoms with Gasteiger partial charge in [0.15, 0.2) is 0 Å². The first-order chi connectivity index (χ1) is 15.7. The number of hydrogen-bond donors (Lipinski definition) is 3. The maximum Gasteiger partial charge on any atom is 0.251 e. The molecule has 3 rings (SSSR count). The summed E-state index contributed by atoms with van der Waals surface area (Å²) in [7, 11) is 0. The maximum atomic E-state index is 13.8. The fourth-order valence-electron chi connectivity index (χ4n) is 3.99. The van der Waals surface area contributed by atoms with Crippen LogP contribution in [0.5, 0.6) is 5.75 Å². The third-order valence-corrected chi connectivity index (χ3v) is 5.84. The number of carbonyl (C=O) groups is 1. The molecule has 1 fully saturated rings. The standard InChI is InChI=1S/C26H35FN2O4/c1-26(2,27)18-29-13-11-19(12-14-29)17-33-24-9-7-21(8-10-24)20-3-5-22(6-4-20)25(32)28-15-23(31)16-30/h3-10,19,23,30-31H,11-18H2,1-2H3,(H,28,32). The lowest BCUT2D eigenvalue weighted by molar-refractivity contribution is 0.0802. The number of aliphatic hydroxyl groups excluding tert-OH is 2. The Balaban J connectivity index is 1.46. The Labute approximate surface area is 195 Å². The summed E-state index contributed by atoms with van der Waals surface area (Å²) in [6.45, 7) is 5.85. The van der Waals surface area contributed by atoms with Gasteiger partial charge in [0.2, 0.25) is 0 Å². The lowest BCUT2D eigenvalue weighted by Crippen LogP contribution is -2.41. The molecule has 1 unspecified atom stereocenters. The van der Waals surface area contributed by atoms with Gasteiger partial charge in [0.05, 0.1) is 19.3 Å². The van der Waals surface area contributed by atoms with E-state index in [9.17, 15) is 14.3 Å². The van der Waals surface area contributed by atoms with Crippen molar-refractivity contribution in [3.05, 3.63) is 54.1 Å². The van der Waals surface area contributed by atoms with E-state index in [2.05, 4.69) is 10.2 Å². The topological polar surface area (TPSA) is 82.0 Å². The Morgan fingerprint density at radius 2 is 1.70 bits per heavy atom. The van der Waals surface area contributed by atoms with Crippen molar-refractivity contribution in [1.82, 2.24) is 10.2 Å². The summed E-state index contributed by atoms with van der Waals surface area (Å²) in [6.07, 6.45) is 1.08. The van der Waals surface area contributed by atoms with E-state index >= 15 is 0 Å². The van der Waals surface area contributed by atoms with Gasteiger partial charge < -0.3 is 25.2 Å². The number of carbonyl (C=O) groups excluding carboxylic acids is 1. The molecule has 6 nitrogen and oxygen atoms in total. The molecular formula is C26H35FN2O4. The highest BCUT2D eigenvalue weighted by Crippen LogP contribution is 2.25. The third-order valence-electron chi connectivity index (χ3n) is 5.84. The van der Waals surface area contributed by atoms with Gasteiger partial charge in [0.25, 0.3) is 5.91 Å². The number of piperidine rings is 1. The molecule has 180 valence electrons. The van der Waals surface area contributed by atoms with Crippen molar-refractivity contribution in [2.45, 2.75) is 38.5 Å². The van der Waals surface area contributed by atoms with Crippen molar-refractivity contribution < 1.29 is 24.1 Å². The van der Waals surface area contributed by atoms with Crippen LogP contribution in [0.3, 0.4) is 0 Å². The van der Waals surface area contributed by atoms with Gasteiger partial charge >= 0.3 is 0 Å². The quantitative estimate of drug-likeness (QED) is 0.509. The van der Waals surface area contributed by atoms with Gasteiger partial charge in [-0.15, -0.1) is 0 Å². The Kier molecular flexibility index (Phi) is 8.83. The molecule has 0 saturated carbocycles. The zero-order chi connectivity index (χ0) is 23.8. The average molecular weight is 459 g/mol. The molecule has 2 aromatic carbocycles. The van der Waals surface area contributed by atoms with E-state index in [1.807, 2.05) is 36.4 Å². The summed E-state index contributed by atoms with van der Waals surface area (Å²) < 4.78 is 19.8. The number of benzene rings is 2. The monoisotopic (exact) mass is 458 g/mol. The Bertz CT molecular complexity index is 873. The van der Waals surface area contributed by atoms with Crippen LogP contribution in [0.4, 0.5) is 4.39 Å². The number of likely N-dealkylation sites (tertiary alicyclic amines) is 1. The second-order valence-corrected chi connectivity index (χ2v) is 9.40. The summed E-state index contributed by atoms with van der Waals surface area (Å²) >= 11 is 0. The van der Waals surface area contributed by atoms with Gasteiger partial charge in [-0.2, -0.15) is 0 Å². The zero-order valence-electron chi connectivity index (χ0n) is 19.5. The molecule has 0 bridgehead atoms. The number of amides is 1. The number of rotatable bonds is 10. The summed E-state index contributed by atoms with van der Waals surface area (Å²) in [4.78, 5) is 14.3. The van der Waals surface area contributed by atoms with Crippen molar-refractivity contribution in [2.75, 3.05) is 39.4 Å². The molecule has 1 aliphatic heterocycles. The third kappa shape index (κ3) is 8.11. The van der Waals surface area contributed by atoms with Crippen LogP contribution >= 0.6 is 0 Å². The van der Waals surface area contributed by atoms with Crippen molar-refractivity contribution in [3.63, 3.8) is 0 Å². The van der Waals surface area contributed by atoms with Crippen LogP contribution in [0.25, 0.3) is 11.1 Å². The number of nitrogens with one attached hydrogen (secondary N) is 1. The zero-order valence-corrected chi connectivity index (χ0v) is 19.5. The van der Waals surface area contributed by atoms with Gasteiger partial charge in [0.1, 0.15) is 11.4 Å². The molecule has 7 heteroatoms.